The van der Waals surface area contributed by atoms with E-state index in [9.17, 15) is 4.39 Å². The fourth-order valence-corrected chi connectivity index (χ4v) is 3.26. The Morgan fingerprint density at radius 1 is 1.07 bits per heavy atom. The van der Waals surface area contributed by atoms with Crippen LogP contribution >= 0.6 is 35.7 Å². The molecule has 0 aliphatic rings. The second kappa shape index (κ2) is 14.5. The summed E-state index contributed by atoms with van der Waals surface area (Å²) in [6, 6.07) is 13.2. The van der Waals surface area contributed by atoms with Gasteiger partial charge in [0.1, 0.15) is 5.82 Å². The van der Waals surface area contributed by atoms with Gasteiger partial charge >= 0.3 is 0 Å². The number of hydrogen-bond acceptors (Lipinski definition) is 4. The number of nitrogens with zero attached hydrogens (tertiary/aromatic N) is 1. The molecule has 0 spiro atoms. The third kappa shape index (κ3) is 9.22. The average Bonchev–Trinajstić information content (AvgIpc) is 2.71. The molecule has 0 aliphatic heterocycles. The highest BCUT2D eigenvalue weighted by molar-refractivity contribution is 14.0. The molecule has 0 aromatic heterocycles. The second-order valence-electron chi connectivity index (χ2n) is 6.24. The molecule has 0 fully saturated rings. The summed E-state index contributed by atoms with van der Waals surface area (Å²) in [6.07, 6.45) is 2.01. The Labute approximate surface area is 194 Å². The van der Waals surface area contributed by atoms with Crippen LogP contribution in [0.1, 0.15) is 16.7 Å². The quantitative estimate of drug-likeness (QED) is 0.185. The highest BCUT2D eigenvalue weighted by atomic mass is 127. The van der Waals surface area contributed by atoms with E-state index < -0.39 is 0 Å². The Morgan fingerprint density at radius 2 is 1.79 bits per heavy atom. The fourth-order valence-electron chi connectivity index (χ4n) is 2.68. The van der Waals surface area contributed by atoms with E-state index in [0.29, 0.717) is 25.7 Å². The number of anilines is 1. The first-order valence-electron chi connectivity index (χ1n) is 9.18. The van der Waals surface area contributed by atoms with Gasteiger partial charge in [-0.2, -0.15) is 11.8 Å². The van der Waals surface area contributed by atoms with Crippen molar-refractivity contribution in [1.29, 1.82) is 0 Å². The van der Waals surface area contributed by atoms with Crippen LogP contribution in [0.15, 0.2) is 47.5 Å². The molecular weight excluding hydrogens is 502 g/mol. The Bertz CT molecular complexity index is 759. The van der Waals surface area contributed by atoms with E-state index in [4.69, 9.17) is 4.74 Å². The van der Waals surface area contributed by atoms with Crippen molar-refractivity contribution in [3.05, 3.63) is 65.0 Å². The summed E-state index contributed by atoms with van der Waals surface area (Å²) in [6.45, 7) is 2.72. The lowest BCUT2D eigenvalue weighted by Crippen LogP contribution is -2.36. The highest BCUT2D eigenvalue weighted by Gasteiger charge is 2.06. The van der Waals surface area contributed by atoms with Crippen LogP contribution in [-0.4, -0.2) is 39.5 Å². The van der Waals surface area contributed by atoms with E-state index >= 15 is 0 Å². The number of guanidine groups is 1. The number of aliphatic imine (C=N–C) groups is 1. The molecule has 0 heterocycles. The summed E-state index contributed by atoms with van der Waals surface area (Å²) in [4.78, 5) is 4.27. The van der Waals surface area contributed by atoms with Crippen LogP contribution < -0.4 is 16.0 Å². The van der Waals surface area contributed by atoms with E-state index in [1.165, 1.54) is 6.07 Å². The van der Waals surface area contributed by atoms with E-state index in [1.54, 1.807) is 32.0 Å². The minimum absolute atomic E-state index is 0. The number of hydrogen-bond donors (Lipinski definition) is 3. The Kier molecular flexibility index (Phi) is 12.7. The van der Waals surface area contributed by atoms with Crippen molar-refractivity contribution >= 4 is 47.4 Å². The van der Waals surface area contributed by atoms with Crippen molar-refractivity contribution in [3.8, 4) is 0 Å². The van der Waals surface area contributed by atoms with Crippen LogP contribution in [0, 0.1) is 5.82 Å². The lowest BCUT2D eigenvalue weighted by Gasteiger charge is -2.14. The number of benzene rings is 2. The molecule has 160 valence electrons. The number of rotatable bonds is 10. The molecule has 8 heteroatoms. The molecule has 5 nitrogen and oxygen atoms in total. The van der Waals surface area contributed by atoms with Gasteiger partial charge in [0.05, 0.1) is 6.61 Å². The Balaban J connectivity index is 0.00000420. The van der Waals surface area contributed by atoms with E-state index in [0.717, 1.165) is 34.7 Å². The molecular formula is C21H30FIN4OS. The first-order valence-corrected chi connectivity index (χ1v) is 10.6. The van der Waals surface area contributed by atoms with Gasteiger partial charge in [-0.05, 0) is 47.2 Å². The van der Waals surface area contributed by atoms with Crippen LogP contribution in [0.3, 0.4) is 0 Å². The first kappa shape index (κ1) is 25.5. The molecule has 0 saturated heterocycles. The minimum Gasteiger partial charge on any atom is -0.383 e. The van der Waals surface area contributed by atoms with Crippen LogP contribution in [0.5, 0.6) is 0 Å². The predicted molar refractivity (Wildman–Crippen MR) is 133 cm³/mol. The molecule has 0 amide bonds. The van der Waals surface area contributed by atoms with Crippen molar-refractivity contribution in [2.45, 2.75) is 18.8 Å². The number of thioether (sulfide) groups is 1. The highest BCUT2D eigenvalue weighted by Crippen LogP contribution is 2.16. The number of ether oxygens (including phenoxy) is 1. The summed E-state index contributed by atoms with van der Waals surface area (Å²) in [5, 5.41) is 9.91. The van der Waals surface area contributed by atoms with Gasteiger partial charge in [-0.25, -0.2) is 4.39 Å². The van der Waals surface area contributed by atoms with Gasteiger partial charge in [-0.3, -0.25) is 4.99 Å². The van der Waals surface area contributed by atoms with Crippen LogP contribution in [0.25, 0.3) is 0 Å². The SMILES string of the molecule is CN=C(NCc1ccc(NCCOC)cc1)NCc1ccc(F)cc1CSC.I. The lowest BCUT2D eigenvalue weighted by atomic mass is 10.1. The number of nitrogens with one attached hydrogen (secondary N) is 3. The maximum absolute atomic E-state index is 13.5. The van der Waals surface area contributed by atoms with Crippen molar-refractivity contribution in [2.24, 2.45) is 4.99 Å². The maximum Gasteiger partial charge on any atom is 0.191 e. The largest absolute Gasteiger partial charge is 0.383 e. The number of methoxy groups -OCH3 is 1. The summed E-state index contributed by atoms with van der Waals surface area (Å²) in [5.74, 6) is 1.29. The average molecular weight is 532 g/mol. The zero-order chi connectivity index (χ0) is 20.2. The van der Waals surface area contributed by atoms with Gasteiger partial charge in [0, 0.05) is 45.2 Å². The molecule has 29 heavy (non-hydrogen) atoms. The van der Waals surface area contributed by atoms with Gasteiger partial charge in [0.2, 0.25) is 0 Å². The molecule has 0 bridgehead atoms. The predicted octanol–water partition coefficient (Wildman–Crippen LogP) is 4.23. The monoisotopic (exact) mass is 532 g/mol. The molecule has 2 aromatic rings. The van der Waals surface area contributed by atoms with Gasteiger partial charge in [-0.15, -0.1) is 24.0 Å². The summed E-state index contributed by atoms with van der Waals surface area (Å²) in [5.41, 5.74) is 4.31. The summed E-state index contributed by atoms with van der Waals surface area (Å²) < 4.78 is 18.5. The van der Waals surface area contributed by atoms with Crippen molar-refractivity contribution in [1.82, 2.24) is 10.6 Å². The molecule has 0 unspecified atom stereocenters. The Hall–Kier alpha value is -1.52. The first-order chi connectivity index (χ1) is 13.7. The third-order valence-corrected chi connectivity index (χ3v) is 4.79. The molecule has 0 radical (unpaired) electrons. The van der Waals surface area contributed by atoms with Gasteiger partial charge in [-0.1, -0.05) is 18.2 Å². The van der Waals surface area contributed by atoms with Crippen molar-refractivity contribution < 1.29 is 9.13 Å². The Morgan fingerprint density at radius 3 is 2.45 bits per heavy atom. The van der Waals surface area contributed by atoms with E-state index in [-0.39, 0.29) is 29.8 Å². The smallest absolute Gasteiger partial charge is 0.191 e. The minimum atomic E-state index is -0.199. The van der Waals surface area contributed by atoms with Gasteiger partial charge in [0.15, 0.2) is 5.96 Å². The molecule has 3 N–H and O–H groups in total. The van der Waals surface area contributed by atoms with Crippen LogP contribution in [0.2, 0.25) is 0 Å². The normalized spacial score (nSPS) is 11.0. The third-order valence-electron chi connectivity index (χ3n) is 4.19. The summed E-state index contributed by atoms with van der Waals surface area (Å²) in [7, 11) is 3.43. The van der Waals surface area contributed by atoms with Gasteiger partial charge < -0.3 is 20.7 Å². The topological polar surface area (TPSA) is 57.7 Å². The van der Waals surface area contributed by atoms with E-state index in [2.05, 4.69) is 45.2 Å². The van der Waals surface area contributed by atoms with Crippen LogP contribution in [-0.2, 0) is 23.6 Å². The summed E-state index contributed by atoms with van der Waals surface area (Å²) >= 11 is 1.68. The maximum atomic E-state index is 13.5. The lowest BCUT2D eigenvalue weighted by molar-refractivity contribution is 0.211. The van der Waals surface area contributed by atoms with Crippen molar-refractivity contribution in [2.75, 3.05) is 38.9 Å². The molecule has 0 saturated carbocycles. The van der Waals surface area contributed by atoms with Gasteiger partial charge in [0.25, 0.3) is 0 Å². The zero-order valence-corrected chi connectivity index (χ0v) is 20.3. The molecule has 0 aliphatic carbocycles. The number of halogens is 2. The second-order valence-corrected chi connectivity index (χ2v) is 7.11. The molecule has 2 aromatic carbocycles. The van der Waals surface area contributed by atoms with Crippen LogP contribution in [0.4, 0.5) is 10.1 Å². The molecule has 2 rings (SSSR count). The standard InChI is InChI=1S/C21H29FN4OS.HI/c1-23-21(26-14-17-6-7-19(22)12-18(17)15-28-3)25-13-16-4-8-20(9-5-16)24-10-11-27-2;/h4-9,12,24H,10-11,13-15H2,1-3H3,(H2,23,25,26);1H. The zero-order valence-electron chi connectivity index (χ0n) is 17.1. The van der Waals surface area contributed by atoms with E-state index in [1.807, 2.05) is 12.3 Å². The fraction of sp³-hybridized carbons (Fsp3) is 0.381. The molecule has 0 atom stereocenters. The van der Waals surface area contributed by atoms with Crippen molar-refractivity contribution in [3.63, 3.8) is 0 Å².